The highest BCUT2D eigenvalue weighted by Crippen LogP contribution is 2.34. The molecule has 0 amide bonds. The number of aliphatic hydroxyl groups excluding tert-OH is 1. The Morgan fingerprint density at radius 2 is 1.96 bits per heavy atom. The smallest absolute Gasteiger partial charge is 0.396 e. The third-order valence-corrected chi connectivity index (χ3v) is 4.49. The molecular formula is C18H21F3N2O2. The minimum Gasteiger partial charge on any atom is -0.396 e. The highest BCUT2D eigenvalue weighted by atomic mass is 19.4. The fourth-order valence-corrected chi connectivity index (χ4v) is 3.16. The monoisotopic (exact) mass is 354 g/mol. The van der Waals surface area contributed by atoms with Gasteiger partial charge in [-0.1, -0.05) is 6.07 Å². The molecule has 0 spiro atoms. The highest BCUT2D eigenvalue weighted by molar-refractivity contribution is 5.92. The standard InChI is InChI=1S/C18H21F3N2O2/c19-18(20,21)13-2-3-15-16(12-13)22-7-4-17(15)23-8-5-14(6-9-23)25-11-1-10-24/h2-4,7,12,14,24H,1,5-6,8-11H2. The Hall–Kier alpha value is -1.86. The van der Waals surface area contributed by atoms with Crippen LogP contribution in [0, 0.1) is 0 Å². The van der Waals surface area contributed by atoms with Crippen LogP contribution in [0.15, 0.2) is 30.5 Å². The maximum Gasteiger partial charge on any atom is 0.416 e. The van der Waals surface area contributed by atoms with Gasteiger partial charge in [-0.15, -0.1) is 0 Å². The molecule has 3 rings (SSSR count). The van der Waals surface area contributed by atoms with Crippen molar-refractivity contribution in [3.63, 3.8) is 0 Å². The lowest BCUT2D eigenvalue weighted by Gasteiger charge is -2.34. The van der Waals surface area contributed by atoms with Crippen molar-refractivity contribution < 1.29 is 23.0 Å². The summed E-state index contributed by atoms with van der Waals surface area (Å²) < 4.78 is 44.3. The fraction of sp³-hybridized carbons (Fsp3) is 0.500. The van der Waals surface area contributed by atoms with E-state index < -0.39 is 11.7 Å². The molecule has 2 heterocycles. The molecule has 1 aromatic heterocycles. The number of nitrogens with zero attached hydrogens (tertiary/aromatic N) is 2. The van der Waals surface area contributed by atoms with Crippen LogP contribution in [-0.2, 0) is 10.9 Å². The van der Waals surface area contributed by atoms with E-state index in [1.807, 2.05) is 6.07 Å². The molecule has 1 saturated heterocycles. The first-order valence-electron chi connectivity index (χ1n) is 8.42. The van der Waals surface area contributed by atoms with Crippen molar-refractivity contribution in [2.75, 3.05) is 31.2 Å². The van der Waals surface area contributed by atoms with E-state index in [1.165, 1.54) is 6.07 Å². The van der Waals surface area contributed by atoms with E-state index in [-0.39, 0.29) is 12.7 Å². The van der Waals surface area contributed by atoms with Crippen LogP contribution in [-0.4, -0.2) is 42.5 Å². The van der Waals surface area contributed by atoms with Crippen molar-refractivity contribution >= 4 is 16.6 Å². The zero-order valence-electron chi connectivity index (χ0n) is 13.8. The number of anilines is 1. The number of hydrogen-bond acceptors (Lipinski definition) is 4. The number of halogens is 3. The summed E-state index contributed by atoms with van der Waals surface area (Å²) in [5.41, 5.74) is 0.585. The van der Waals surface area contributed by atoms with Crippen LogP contribution in [0.4, 0.5) is 18.9 Å². The molecule has 1 aliphatic rings. The molecule has 0 radical (unpaired) electrons. The van der Waals surface area contributed by atoms with E-state index in [4.69, 9.17) is 9.84 Å². The van der Waals surface area contributed by atoms with Crippen molar-refractivity contribution in [3.05, 3.63) is 36.0 Å². The summed E-state index contributed by atoms with van der Waals surface area (Å²) >= 11 is 0. The normalized spacial score (nSPS) is 16.6. The molecule has 0 unspecified atom stereocenters. The fourth-order valence-electron chi connectivity index (χ4n) is 3.16. The SMILES string of the molecule is OCCCOC1CCN(c2ccnc3cc(C(F)(F)F)ccc23)CC1. The van der Waals surface area contributed by atoms with Crippen LogP contribution in [0.25, 0.3) is 10.9 Å². The summed E-state index contributed by atoms with van der Waals surface area (Å²) in [7, 11) is 0. The second-order valence-electron chi connectivity index (χ2n) is 6.19. The van der Waals surface area contributed by atoms with Crippen molar-refractivity contribution in [1.29, 1.82) is 0 Å². The Morgan fingerprint density at radius 1 is 1.20 bits per heavy atom. The summed E-state index contributed by atoms with van der Waals surface area (Å²) in [5, 5.41) is 9.52. The molecule has 0 atom stereocenters. The predicted molar refractivity (Wildman–Crippen MR) is 89.6 cm³/mol. The average molecular weight is 354 g/mol. The van der Waals surface area contributed by atoms with Gasteiger partial charge in [-0.3, -0.25) is 4.98 Å². The molecule has 7 heteroatoms. The number of alkyl halides is 3. The minimum atomic E-state index is -4.36. The molecule has 0 aliphatic carbocycles. The summed E-state index contributed by atoms with van der Waals surface area (Å²) in [6.07, 6.45) is -0.284. The van der Waals surface area contributed by atoms with Crippen LogP contribution < -0.4 is 4.90 Å². The Kier molecular flexibility index (Phi) is 5.44. The van der Waals surface area contributed by atoms with E-state index in [0.717, 1.165) is 49.1 Å². The Bertz CT molecular complexity index is 713. The zero-order chi connectivity index (χ0) is 17.9. The molecular weight excluding hydrogens is 333 g/mol. The minimum absolute atomic E-state index is 0.127. The predicted octanol–water partition coefficient (Wildman–Crippen LogP) is 3.62. The van der Waals surface area contributed by atoms with E-state index in [9.17, 15) is 13.2 Å². The third kappa shape index (κ3) is 4.22. The maximum absolute atomic E-state index is 12.9. The molecule has 1 aliphatic heterocycles. The van der Waals surface area contributed by atoms with Gasteiger partial charge < -0.3 is 14.7 Å². The quantitative estimate of drug-likeness (QED) is 0.833. The maximum atomic E-state index is 12.9. The van der Waals surface area contributed by atoms with Crippen LogP contribution in [0.2, 0.25) is 0 Å². The number of piperidine rings is 1. The molecule has 136 valence electrons. The number of hydrogen-bond donors (Lipinski definition) is 1. The molecule has 0 bridgehead atoms. The number of benzene rings is 1. The first-order chi connectivity index (χ1) is 12.0. The van der Waals surface area contributed by atoms with Crippen LogP contribution in [0.1, 0.15) is 24.8 Å². The number of pyridine rings is 1. The Balaban J connectivity index is 1.74. The molecule has 25 heavy (non-hydrogen) atoms. The van der Waals surface area contributed by atoms with Crippen molar-refractivity contribution in [2.45, 2.75) is 31.5 Å². The molecule has 1 fully saturated rings. The molecule has 2 aromatic rings. The second-order valence-corrected chi connectivity index (χ2v) is 6.19. The van der Waals surface area contributed by atoms with Crippen molar-refractivity contribution in [1.82, 2.24) is 4.98 Å². The van der Waals surface area contributed by atoms with Gasteiger partial charge in [0.25, 0.3) is 0 Å². The Morgan fingerprint density at radius 3 is 2.64 bits per heavy atom. The van der Waals surface area contributed by atoms with Gasteiger partial charge in [-0.25, -0.2) is 0 Å². The van der Waals surface area contributed by atoms with E-state index in [0.29, 0.717) is 18.5 Å². The van der Waals surface area contributed by atoms with Gasteiger partial charge in [-0.2, -0.15) is 13.2 Å². The van der Waals surface area contributed by atoms with Gasteiger partial charge in [0.2, 0.25) is 0 Å². The number of fused-ring (bicyclic) bond motifs is 1. The van der Waals surface area contributed by atoms with Gasteiger partial charge in [-0.05, 0) is 37.5 Å². The second kappa shape index (κ2) is 7.58. The van der Waals surface area contributed by atoms with Crippen molar-refractivity contribution in [3.8, 4) is 0 Å². The first kappa shape index (κ1) is 17.9. The topological polar surface area (TPSA) is 45.6 Å². The number of aromatic nitrogens is 1. The molecule has 4 nitrogen and oxygen atoms in total. The van der Waals surface area contributed by atoms with Gasteiger partial charge >= 0.3 is 6.18 Å². The van der Waals surface area contributed by atoms with E-state index in [2.05, 4.69) is 9.88 Å². The molecule has 0 saturated carbocycles. The van der Waals surface area contributed by atoms with E-state index in [1.54, 1.807) is 6.20 Å². The van der Waals surface area contributed by atoms with E-state index >= 15 is 0 Å². The Labute approximate surface area is 144 Å². The summed E-state index contributed by atoms with van der Waals surface area (Å²) in [6, 6.07) is 5.56. The number of ether oxygens (including phenoxy) is 1. The summed E-state index contributed by atoms with van der Waals surface area (Å²) in [6.45, 7) is 2.25. The zero-order valence-corrected chi connectivity index (χ0v) is 13.8. The first-order valence-corrected chi connectivity index (χ1v) is 8.42. The van der Waals surface area contributed by atoms with Gasteiger partial charge in [0, 0.05) is 43.6 Å². The average Bonchev–Trinajstić information content (AvgIpc) is 2.61. The molecule has 1 aromatic carbocycles. The number of aliphatic hydroxyl groups is 1. The third-order valence-electron chi connectivity index (χ3n) is 4.49. The van der Waals surface area contributed by atoms with Crippen LogP contribution >= 0.6 is 0 Å². The number of rotatable bonds is 5. The molecule has 1 N–H and O–H groups in total. The lowest BCUT2D eigenvalue weighted by Crippen LogP contribution is -2.37. The van der Waals surface area contributed by atoms with Gasteiger partial charge in [0.1, 0.15) is 0 Å². The summed E-state index contributed by atoms with van der Waals surface area (Å²) in [4.78, 5) is 6.27. The van der Waals surface area contributed by atoms with Crippen LogP contribution in [0.5, 0.6) is 0 Å². The van der Waals surface area contributed by atoms with Crippen LogP contribution in [0.3, 0.4) is 0 Å². The van der Waals surface area contributed by atoms with Gasteiger partial charge in [0.05, 0.1) is 17.2 Å². The highest BCUT2D eigenvalue weighted by Gasteiger charge is 2.31. The van der Waals surface area contributed by atoms with Gasteiger partial charge in [0.15, 0.2) is 0 Å². The largest absolute Gasteiger partial charge is 0.416 e. The lowest BCUT2D eigenvalue weighted by molar-refractivity contribution is -0.137. The van der Waals surface area contributed by atoms with Crippen molar-refractivity contribution in [2.24, 2.45) is 0 Å². The lowest BCUT2D eigenvalue weighted by atomic mass is 10.0. The summed E-state index contributed by atoms with van der Waals surface area (Å²) in [5.74, 6) is 0.